The maximum absolute atomic E-state index is 13.4. The van der Waals surface area contributed by atoms with Crippen LogP contribution in [0.5, 0.6) is 0 Å². The molecule has 0 bridgehead atoms. The Bertz CT molecular complexity index is 1280. The molecule has 1 aromatic heterocycles. The predicted molar refractivity (Wildman–Crippen MR) is 153 cm³/mol. The van der Waals surface area contributed by atoms with E-state index < -0.39 is 0 Å². The van der Waals surface area contributed by atoms with E-state index in [1.54, 1.807) is 0 Å². The van der Waals surface area contributed by atoms with Crippen molar-refractivity contribution in [3.8, 4) is 0 Å². The van der Waals surface area contributed by atoms with Crippen molar-refractivity contribution < 1.29 is 9.63 Å². The van der Waals surface area contributed by atoms with E-state index in [1.165, 1.54) is 5.57 Å². The number of hydrogen-bond acceptors (Lipinski definition) is 4. The van der Waals surface area contributed by atoms with Gasteiger partial charge >= 0.3 is 0 Å². The van der Waals surface area contributed by atoms with Gasteiger partial charge in [0.2, 0.25) is 0 Å². The van der Waals surface area contributed by atoms with Gasteiger partial charge in [0.1, 0.15) is 0 Å². The maximum Gasteiger partial charge on any atom is 0.256 e. The fraction of sp³-hybridized carbons (Fsp3) is 0.433. The number of rotatable bonds is 6. The molecule has 0 radical (unpaired) electrons. The molecule has 2 fully saturated rings. The monoisotopic (exact) mass is 564 g/mol. The molecule has 0 aliphatic carbocycles. The second kappa shape index (κ2) is 11.0. The molecule has 5 rings (SSSR count). The second-order valence-electron chi connectivity index (χ2n) is 10.5. The Hall–Kier alpha value is -2.61. The maximum atomic E-state index is 13.4. The highest BCUT2D eigenvalue weighted by Crippen LogP contribution is 2.35. The largest absolute Gasteiger partial charge is 0.350 e. The van der Waals surface area contributed by atoms with Crippen LogP contribution in [0.2, 0.25) is 0 Å². The Kier molecular flexibility index (Phi) is 7.75. The van der Waals surface area contributed by atoms with Gasteiger partial charge in [-0.1, -0.05) is 46.3 Å². The topological polar surface area (TPSA) is 49.7 Å². The Labute approximate surface area is 228 Å². The third-order valence-electron chi connectivity index (χ3n) is 8.19. The zero-order valence-electron chi connectivity index (χ0n) is 22.1. The summed E-state index contributed by atoms with van der Waals surface area (Å²) in [5.41, 5.74) is 8.94. The van der Waals surface area contributed by atoms with Crippen LogP contribution in [0.15, 0.2) is 64.8 Å². The van der Waals surface area contributed by atoms with E-state index in [4.69, 9.17) is 4.84 Å². The highest BCUT2D eigenvalue weighted by Gasteiger charge is 2.38. The average Bonchev–Trinajstić information content (AvgIpc) is 3.26. The Morgan fingerprint density at radius 1 is 1.03 bits per heavy atom. The lowest BCUT2D eigenvalue weighted by molar-refractivity contribution is 0.0257. The first-order valence-corrected chi connectivity index (χ1v) is 14.1. The first kappa shape index (κ1) is 26.0. The Morgan fingerprint density at radius 2 is 1.70 bits per heavy atom. The van der Waals surface area contributed by atoms with Gasteiger partial charge in [-0.2, -0.15) is 0 Å². The molecule has 6 nitrogen and oxygen atoms in total. The summed E-state index contributed by atoms with van der Waals surface area (Å²) >= 11 is 3.54. The molecule has 1 N–H and O–H groups in total. The van der Waals surface area contributed by atoms with Crippen LogP contribution < -0.4 is 5.48 Å². The summed E-state index contributed by atoms with van der Waals surface area (Å²) in [7, 11) is 2.01. The van der Waals surface area contributed by atoms with Crippen molar-refractivity contribution in [3.63, 3.8) is 0 Å². The molecule has 2 aliphatic heterocycles. The number of carbonyl (C=O) groups excluding carboxylic acids is 1. The quantitative estimate of drug-likeness (QED) is 0.374. The number of aryl methyl sites for hydroxylation is 1. The van der Waals surface area contributed by atoms with E-state index in [0.29, 0.717) is 6.61 Å². The molecule has 0 atom stereocenters. The van der Waals surface area contributed by atoms with Gasteiger partial charge in [0.05, 0.1) is 17.9 Å². The van der Waals surface area contributed by atoms with Crippen LogP contribution >= 0.6 is 15.9 Å². The van der Waals surface area contributed by atoms with Gasteiger partial charge in [-0.05, 0) is 68.9 Å². The third-order valence-corrected chi connectivity index (χ3v) is 8.72. The van der Waals surface area contributed by atoms with E-state index in [-0.39, 0.29) is 11.4 Å². The van der Waals surface area contributed by atoms with Gasteiger partial charge in [0, 0.05) is 60.3 Å². The Morgan fingerprint density at radius 3 is 2.38 bits per heavy atom. The van der Waals surface area contributed by atoms with E-state index in [0.717, 1.165) is 84.1 Å². The number of benzene rings is 2. The van der Waals surface area contributed by atoms with Crippen LogP contribution in [-0.4, -0.2) is 58.6 Å². The third kappa shape index (κ3) is 5.35. The van der Waals surface area contributed by atoms with Crippen molar-refractivity contribution >= 4 is 38.4 Å². The minimum Gasteiger partial charge on any atom is -0.350 e. The van der Waals surface area contributed by atoms with Gasteiger partial charge in [-0.25, -0.2) is 0 Å². The number of amides is 1. The number of hydroxylamine groups is 1. The highest BCUT2D eigenvalue weighted by atomic mass is 79.9. The van der Waals surface area contributed by atoms with Crippen LogP contribution in [0.3, 0.4) is 0 Å². The molecule has 0 unspecified atom stereocenters. The van der Waals surface area contributed by atoms with Crippen molar-refractivity contribution in [1.82, 2.24) is 19.8 Å². The number of nitrogens with zero attached hydrogens (tertiary/aromatic N) is 3. The molecule has 2 aromatic carbocycles. The molecular weight excluding hydrogens is 528 g/mol. The zero-order chi connectivity index (χ0) is 26.0. The van der Waals surface area contributed by atoms with Crippen LogP contribution in [0.4, 0.5) is 0 Å². The van der Waals surface area contributed by atoms with Gasteiger partial charge in [0.15, 0.2) is 0 Å². The first-order chi connectivity index (χ1) is 17.9. The number of piperidine rings is 2. The van der Waals surface area contributed by atoms with Crippen molar-refractivity contribution in [2.75, 3.05) is 32.8 Å². The van der Waals surface area contributed by atoms with Crippen molar-refractivity contribution in [1.29, 1.82) is 0 Å². The molecular formula is C30H37BrN4O2. The molecule has 2 saturated heterocycles. The summed E-state index contributed by atoms with van der Waals surface area (Å²) in [6.07, 6.45) is 6.01. The summed E-state index contributed by atoms with van der Waals surface area (Å²) in [5, 5.41) is 1.04. The Balaban J connectivity index is 1.24. The summed E-state index contributed by atoms with van der Waals surface area (Å²) in [6, 6.07) is 16.6. The minimum atomic E-state index is 0.117. The minimum absolute atomic E-state index is 0.117. The van der Waals surface area contributed by atoms with Crippen LogP contribution in [0, 0.1) is 0 Å². The molecule has 3 heterocycles. The lowest BCUT2D eigenvalue weighted by Gasteiger charge is -2.48. The normalized spacial score (nSPS) is 18.3. The number of halogens is 1. The van der Waals surface area contributed by atoms with Crippen molar-refractivity contribution in [2.24, 2.45) is 7.05 Å². The number of para-hydroxylation sites is 1. The van der Waals surface area contributed by atoms with Crippen LogP contribution in [-0.2, 0) is 11.9 Å². The predicted octanol–water partition coefficient (Wildman–Crippen LogP) is 5.98. The summed E-state index contributed by atoms with van der Waals surface area (Å²) < 4.78 is 3.13. The SMILES string of the molecule is CCONC(=C1CCN(C2(C)CCN(C(=O)c3cn(C)c4ccccc34)CC2)CC1)c1ccc(Br)cc1. The summed E-state index contributed by atoms with van der Waals surface area (Å²) in [5.74, 6) is 0.156. The molecule has 2 aliphatic rings. The van der Waals surface area contributed by atoms with Crippen LogP contribution in [0.25, 0.3) is 16.6 Å². The lowest BCUT2D eigenvalue weighted by Crippen LogP contribution is -2.56. The molecule has 1 amide bonds. The van der Waals surface area contributed by atoms with Gasteiger partial charge in [0.25, 0.3) is 5.91 Å². The number of aromatic nitrogens is 1. The lowest BCUT2D eigenvalue weighted by atomic mass is 9.85. The van der Waals surface area contributed by atoms with Gasteiger partial charge in [-0.15, -0.1) is 0 Å². The van der Waals surface area contributed by atoms with E-state index in [9.17, 15) is 4.79 Å². The van der Waals surface area contributed by atoms with Crippen molar-refractivity contribution in [2.45, 2.75) is 45.1 Å². The molecule has 3 aromatic rings. The van der Waals surface area contributed by atoms with Gasteiger partial charge < -0.3 is 9.47 Å². The first-order valence-electron chi connectivity index (χ1n) is 13.3. The standard InChI is InChI=1S/C30H37BrN4O2/c1-4-37-32-28(22-9-11-24(31)12-10-22)23-13-17-35(18-14-23)30(2)15-19-34(20-16-30)29(36)26-21-33(3)27-8-6-5-7-25(26)27/h5-12,21,32H,4,13-20H2,1-3H3. The molecule has 37 heavy (non-hydrogen) atoms. The zero-order valence-corrected chi connectivity index (χ0v) is 23.7. The molecule has 0 spiro atoms. The highest BCUT2D eigenvalue weighted by molar-refractivity contribution is 9.10. The fourth-order valence-corrected chi connectivity index (χ4v) is 6.12. The second-order valence-corrected chi connectivity index (χ2v) is 11.4. The summed E-state index contributed by atoms with van der Waals surface area (Å²) in [4.78, 5) is 23.8. The van der Waals surface area contributed by atoms with Gasteiger partial charge in [-0.3, -0.25) is 20.0 Å². The van der Waals surface area contributed by atoms with Crippen LogP contribution in [0.1, 0.15) is 55.5 Å². The number of fused-ring (bicyclic) bond motifs is 1. The summed E-state index contributed by atoms with van der Waals surface area (Å²) in [6.45, 7) is 8.65. The smallest absolute Gasteiger partial charge is 0.256 e. The molecule has 196 valence electrons. The average molecular weight is 566 g/mol. The molecule has 0 saturated carbocycles. The fourth-order valence-electron chi connectivity index (χ4n) is 5.85. The van der Waals surface area contributed by atoms with E-state index in [2.05, 4.69) is 79.1 Å². The van der Waals surface area contributed by atoms with E-state index >= 15 is 0 Å². The van der Waals surface area contributed by atoms with Crippen molar-refractivity contribution in [3.05, 3.63) is 75.9 Å². The number of hydrogen-bond donors (Lipinski definition) is 1. The number of likely N-dealkylation sites (tertiary alicyclic amines) is 2. The number of carbonyl (C=O) groups is 1. The van der Waals surface area contributed by atoms with E-state index in [1.807, 2.05) is 32.3 Å². The number of nitrogens with one attached hydrogen (secondary N) is 1. The molecule has 7 heteroatoms.